The Morgan fingerprint density at radius 3 is 2.15 bits per heavy atom. The van der Waals surface area contributed by atoms with Crippen LogP contribution in [0.3, 0.4) is 0 Å². The van der Waals surface area contributed by atoms with Crippen LogP contribution in [0.1, 0.15) is 20.3 Å². The Balaban J connectivity index is 4.37. The second-order valence-electron chi connectivity index (χ2n) is 3.43. The van der Waals surface area contributed by atoms with Gasteiger partial charge in [-0.05, 0) is 5.92 Å². The van der Waals surface area contributed by atoms with E-state index in [2.05, 4.69) is 0 Å². The van der Waals surface area contributed by atoms with Gasteiger partial charge in [-0.1, -0.05) is 13.8 Å². The summed E-state index contributed by atoms with van der Waals surface area (Å²) in [5.41, 5.74) is 10.1. The first kappa shape index (κ1) is 12.4. The van der Waals surface area contributed by atoms with Crippen LogP contribution in [0.25, 0.3) is 0 Å². The zero-order valence-electron chi connectivity index (χ0n) is 7.86. The smallest absolute Gasteiger partial charge is 0.220 e. The van der Waals surface area contributed by atoms with E-state index in [1.165, 1.54) is 0 Å². The molecule has 78 valence electrons. The fourth-order valence-electron chi connectivity index (χ4n) is 0.913. The maximum Gasteiger partial charge on any atom is 0.220 e. The molecule has 0 aliphatic carbocycles. The molecule has 1 amide bonds. The minimum Gasteiger partial charge on any atom is -0.370 e. The van der Waals surface area contributed by atoms with Crippen LogP contribution in [-0.4, -0.2) is 25.5 Å². The number of carbonyl (C=O) groups excluding carboxylic acids is 1. The van der Waals surface area contributed by atoms with Gasteiger partial charge in [0.05, 0.1) is 12.2 Å². The van der Waals surface area contributed by atoms with Crippen LogP contribution >= 0.6 is 0 Å². The highest BCUT2D eigenvalue weighted by molar-refractivity contribution is 7.92. The summed E-state index contributed by atoms with van der Waals surface area (Å²) in [6.45, 7) is 3.54. The van der Waals surface area contributed by atoms with Crippen LogP contribution < -0.4 is 11.5 Å². The van der Waals surface area contributed by atoms with Crippen molar-refractivity contribution in [2.24, 2.45) is 17.4 Å². The van der Waals surface area contributed by atoms with E-state index >= 15 is 0 Å². The topological polar surface area (TPSA) is 103 Å². The summed E-state index contributed by atoms with van der Waals surface area (Å²) in [6, 6.07) is 0. The van der Waals surface area contributed by atoms with E-state index < -0.39 is 21.1 Å². The Bertz CT molecular complexity index is 271. The number of hydrogen-bond donors (Lipinski definition) is 2. The molecule has 4 N–H and O–H groups in total. The summed E-state index contributed by atoms with van der Waals surface area (Å²) in [6.07, 6.45) is -0.310. The predicted molar refractivity (Wildman–Crippen MR) is 50.4 cm³/mol. The lowest BCUT2D eigenvalue weighted by molar-refractivity contribution is -0.118. The Hall–Kier alpha value is -0.620. The summed E-state index contributed by atoms with van der Waals surface area (Å²) in [7, 11) is -3.38. The van der Waals surface area contributed by atoms with Gasteiger partial charge in [0.25, 0.3) is 0 Å². The van der Waals surface area contributed by atoms with Crippen molar-refractivity contribution in [2.75, 3.05) is 5.75 Å². The monoisotopic (exact) mass is 208 g/mol. The van der Waals surface area contributed by atoms with Crippen molar-refractivity contribution in [2.45, 2.75) is 25.6 Å². The third-order valence-corrected chi connectivity index (χ3v) is 3.65. The molecule has 0 aromatic carbocycles. The normalized spacial score (nSPS) is 14.5. The van der Waals surface area contributed by atoms with Crippen molar-refractivity contribution in [1.29, 1.82) is 0 Å². The summed E-state index contributed by atoms with van der Waals surface area (Å²) in [5, 5.41) is -1.16. The fourth-order valence-corrected chi connectivity index (χ4v) is 2.51. The van der Waals surface area contributed by atoms with Gasteiger partial charge in [0.2, 0.25) is 5.91 Å². The predicted octanol–water partition coefficient (Wildman–Crippen LogP) is -0.783. The average molecular weight is 208 g/mol. The largest absolute Gasteiger partial charge is 0.370 e. The van der Waals surface area contributed by atoms with Crippen LogP contribution in [0.15, 0.2) is 0 Å². The third-order valence-electron chi connectivity index (χ3n) is 1.43. The summed E-state index contributed by atoms with van der Waals surface area (Å²) in [5.74, 6) is -0.703. The van der Waals surface area contributed by atoms with Gasteiger partial charge in [-0.2, -0.15) is 0 Å². The number of sulfone groups is 1. The highest BCUT2D eigenvalue weighted by Gasteiger charge is 2.23. The number of nitrogens with two attached hydrogens (primary N) is 2. The molecule has 0 aromatic heterocycles. The second-order valence-corrected chi connectivity index (χ2v) is 5.70. The van der Waals surface area contributed by atoms with E-state index in [0.29, 0.717) is 0 Å². The molecule has 0 spiro atoms. The maximum absolute atomic E-state index is 11.3. The lowest BCUT2D eigenvalue weighted by Gasteiger charge is -2.12. The van der Waals surface area contributed by atoms with Gasteiger partial charge in [0.15, 0.2) is 9.84 Å². The quantitative estimate of drug-likeness (QED) is 0.618. The van der Waals surface area contributed by atoms with Gasteiger partial charge in [0.1, 0.15) is 5.37 Å². The molecular weight excluding hydrogens is 192 g/mol. The maximum atomic E-state index is 11.3. The fraction of sp³-hybridized carbons (Fsp3) is 0.857. The first-order valence-corrected chi connectivity index (χ1v) is 5.72. The van der Waals surface area contributed by atoms with E-state index in [0.717, 1.165) is 0 Å². The molecule has 0 heterocycles. The van der Waals surface area contributed by atoms with Gasteiger partial charge in [-0.15, -0.1) is 0 Å². The van der Waals surface area contributed by atoms with Crippen molar-refractivity contribution in [3.05, 3.63) is 0 Å². The zero-order valence-corrected chi connectivity index (χ0v) is 8.67. The SMILES string of the molecule is CC(C)CS(=O)(=O)C(N)CC(N)=O. The molecule has 1 atom stereocenters. The van der Waals surface area contributed by atoms with Crippen LogP contribution in [0.5, 0.6) is 0 Å². The van der Waals surface area contributed by atoms with Gasteiger partial charge < -0.3 is 11.5 Å². The van der Waals surface area contributed by atoms with Gasteiger partial charge in [0, 0.05) is 0 Å². The number of primary amides is 1. The van der Waals surface area contributed by atoms with E-state index in [1.54, 1.807) is 13.8 Å². The van der Waals surface area contributed by atoms with Gasteiger partial charge >= 0.3 is 0 Å². The number of carbonyl (C=O) groups is 1. The van der Waals surface area contributed by atoms with Crippen molar-refractivity contribution in [1.82, 2.24) is 0 Å². The highest BCUT2D eigenvalue weighted by Crippen LogP contribution is 2.06. The lowest BCUT2D eigenvalue weighted by Crippen LogP contribution is -2.37. The average Bonchev–Trinajstić information content (AvgIpc) is 1.81. The van der Waals surface area contributed by atoms with Crippen molar-refractivity contribution in [3.63, 3.8) is 0 Å². The van der Waals surface area contributed by atoms with E-state index in [4.69, 9.17) is 11.5 Å². The second kappa shape index (κ2) is 4.57. The van der Waals surface area contributed by atoms with Gasteiger partial charge in [-0.25, -0.2) is 8.42 Å². The zero-order chi connectivity index (χ0) is 10.6. The summed E-state index contributed by atoms with van der Waals surface area (Å²) < 4.78 is 22.7. The molecule has 1 unspecified atom stereocenters. The van der Waals surface area contributed by atoms with Crippen LogP contribution in [0.2, 0.25) is 0 Å². The van der Waals surface area contributed by atoms with Crippen LogP contribution in [0, 0.1) is 5.92 Å². The molecule has 0 aliphatic rings. The molecule has 0 aromatic rings. The summed E-state index contributed by atoms with van der Waals surface area (Å²) in [4.78, 5) is 10.4. The molecule has 5 nitrogen and oxygen atoms in total. The summed E-state index contributed by atoms with van der Waals surface area (Å²) >= 11 is 0. The third kappa shape index (κ3) is 4.84. The first-order valence-electron chi connectivity index (χ1n) is 4.01. The molecular formula is C7H16N2O3S. The molecule has 0 fully saturated rings. The minimum atomic E-state index is -3.38. The Morgan fingerprint density at radius 1 is 1.38 bits per heavy atom. The van der Waals surface area contributed by atoms with E-state index in [-0.39, 0.29) is 18.1 Å². The standard InChI is InChI=1S/C7H16N2O3S/c1-5(2)4-13(11,12)7(9)3-6(8)10/h5,7H,3-4,9H2,1-2H3,(H2,8,10). The minimum absolute atomic E-state index is 0.00364. The molecule has 0 bridgehead atoms. The Labute approximate surface area is 78.4 Å². The number of rotatable bonds is 5. The molecule has 0 aliphatic heterocycles. The van der Waals surface area contributed by atoms with Crippen molar-refractivity contribution in [3.8, 4) is 0 Å². The molecule has 6 heteroatoms. The number of amides is 1. The van der Waals surface area contributed by atoms with Crippen LogP contribution in [0.4, 0.5) is 0 Å². The molecule has 0 rings (SSSR count). The molecule has 0 radical (unpaired) electrons. The van der Waals surface area contributed by atoms with Crippen molar-refractivity contribution < 1.29 is 13.2 Å². The number of hydrogen-bond acceptors (Lipinski definition) is 4. The molecule has 13 heavy (non-hydrogen) atoms. The molecule has 0 saturated heterocycles. The Morgan fingerprint density at radius 2 is 1.85 bits per heavy atom. The Kier molecular flexibility index (Phi) is 4.35. The van der Waals surface area contributed by atoms with E-state index in [1.807, 2.05) is 0 Å². The molecule has 0 saturated carbocycles. The highest BCUT2D eigenvalue weighted by atomic mass is 32.2. The first-order chi connectivity index (χ1) is 5.75. The van der Waals surface area contributed by atoms with Gasteiger partial charge in [-0.3, -0.25) is 4.79 Å². The van der Waals surface area contributed by atoms with E-state index in [9.17, 15) is 13.2 Å². The lowest BCUT2D eigenvalue weighted by atomic mass is 10.3. The van der Waals surface area contributed by atoms with Crippen LogP contribution in [-0.2, 0) is 14.6 Å². The van der Waals surface area contributed by atoms with Crippen molar-refractivity contribution >= 4 is 15.7 Å².